The molecule has 1 fully saturated rings. The fourth-order valence-electron chi connectivity index (χ4n) is 2.45. The Morgan fingerprint density at radius 3 is 2.50 bits per heavy atom. The highest BCUT2D eigenvalue weighted by Crippen LogP contribution is 2.08. The normalized spacial score (nSPS) is 17.5. The highest BCUT2D eigenvalue weighted by atomic mass is 16.1. The van der Waals surface area contributed by atoms with Crippen molar-refractivity contribution in [2.75, 3.05) is 12.0 Å². The largest absolute Gasteiger partial charge is 0.314 e. The predicted molar refractivity (Wildman–Crippen MR) is 110 cm³/mol. The second-order valence-corrected chi connectivity index (χ2v) is 5.77. The average Bonchev–Trinajstić information content (AvgIpc) is 2.75. The maximum Gasteiger partial charge on any atom is 0.225 e. The number of anilines is 1. The van der Waals surface area contributed by atoms with Crippen LogP contribution in [-0.2, 0) is 4.79 Å². The zero-order chi connectivity index (χ0) is 18.9. The number of allylic oxidation sites excluding steroid dienone is 4. The average molecular weight is 360 g/mol. The molecule has 6 heteroatoms. The molecule has 2 heterocycles. The molecule has 1 aromatic rings. The first-order valence-corrected chi connectivity index (χ1v) is 9.09. The van der Waals surface area contributed by atoms with E-state index < -0.39 is 0 Å². The van der Waals surface area contributed by atoms with Crippen molar-refractivity contribution in [2.24, 2.45) is 0 Å². The van der Waals surface area contributed by atoms with E-state index in [1.54, 1.807) is 0 Å². The number of hydrogen-bond acceptors (Lipinski definition) is 5. The van der Waals surface area contributed by atoms with E-state index in [4.69, 9.17) is 6.42 Å². The van der Waals surface area contributed by atoms with E-state index in [1.165, 1.54) is 57.5 Å². The lowest BCUT2D eigenvalue weighted by molar-refractivity contribution is -0.109. The number of terminal acetylenes is 1. The van der Waals surface area contributed by atoms with E-state index in [0.717, 1.165) is 6.04 Å². The van der Waals surface area contributed by atoms with Gasteiger partial charge in [0.2, 0.25) is 6.41 Å². The van der Waals surface area contributed by atoms with E-state index >= 15 is 0 Å². The van der Waals surface area contributed by atoms with Gasteiger partial charge in [-0.1, -0.05) is 37.6 Å². The molecule has 3 N–H and O–H groups in total. The standard InChI is InChI=1S/C7H6N4O.C7H15N.C6H8.2H2/c1-2-6-7(11-10-5-12)9-4-3-8-6;1-2-7-5-3-4-6-8-7;1-2-4-6-5-3-1;;/h1,3-5H,(H,9,11)(H,10,12);7-8H,2-6H2,1H3;1-4H,5-6H2;2*1H. The van der Waals surface area contributed by atoms with Crippen molar-refractivity contribution in [2.45, 2.75) is 51.5 Å². The van der Waals surface area contributed by atoms with E-state index in [0.29, 0.717) is 17.9 Å². The first-order valence-electron chi connectivity index (χ1n) is 9.09. The van der Waals surface area contributed by atoms with E-state index in [2.05, 4.69) is 63.3 Å². The van der Waals surface area contributed by atoms with Crippen molar-refractivity contribution in [3.63, 3.8) is 0 Å². The monoisotopic (exact) mass is 359 g/mol. The minimum Gasteiger partial charge on any atom is -0.314 e. The van der Waals surface area contributed by atoms with Crippen LogP contribution in [0.2, 0.25) is 0 Å². The molecule has 0 saturated carbocycles. The summed E-state index contributed by atoms with van der Waals surface area (Å²) < 4.78 is 0. The number of piperidine rings is 1. The Bertz CT molecular complexity index is 599. The number of hydrazine groups is 1. The summed E-state index contributed by atoms with van der Waals surface area (Å²) in [4.78, 5) is 17.6. The van der Waals surface area contributed by atoms with Crippen LogP contribution in [0.3, 0.4) is 0 Å². The third kappa shape index (κ3) is 9.60. The first kappa shape index (κ1) is 21.4. The number of carbonyl (C=O) groups excluding carboxylic acids is 1. The summed E-state index contributed by atoms with van der Waals surface area (Å²) in [5.41, 5.74) is 5.04. The van der Waals surface area contributed by atoms with Gasteiger partial charge in [0, 0.05) is 21.3 Å². The van der Waals surface area contributed by atoms with Crippen molar-refractivity contribution >= 4 is 12.2 Å². The molecule has 1 amide bonds. The summed E-state index contributed by atoms with van der Waals surface area (Å²) in [5, 5.41) is 3.47. The number of nitrogens with one attached hydrogen (secondary N) is 3. The molecule has 1 aliphatic heterocycles. The highest BCUT2D eigenvalue weighted by molar-refractivity contribution is 5.54. The van der Waals surface area contributed by atoms with Gasteiger partial charge in [0.05, 0.1) is 0 Å². The van der Waals surface area contributed by atoms with Crippen molar-refractivity contribution in [3.05, 3.63) is 42.4 Å². The van der Waals surface area contributed by atoms with Crippen LogP contribution >= 0.6 is 0 Å². The smallest absolute Gasteiger partial charge is 0.225 e. The molecule has 1 unspecified atom stereocenters. The summed E-state index contributed by atoms with van der Waals surface area (Å²) in [6.45, 7) is 3.50. The molecule has 1 saturated heterocycles. The molecule has 1 atom stereocenters. The lowest BCUT2D eigenvalue weighted by atomic mass is 10.0. The van der Waals surface area contributed by atoms with Crippen LogP contribution < -0.4 is 16.2 Å². The lowest BCUT2D eigenvalue weighted by Gasteiger charge is -2.21. The minimum atomic E-state index is 0. The Kier molecular flexibility index (Phi) is 12.1. The fraction of sp³-hybridized carbons (Fsp3) is 0.450. The van der Waals surface area contributed by atoms with Crippen molar-refractivity contribution in [1.29, 1.82) is 0 Å². The highest BCUT2D eigenvalue weighted by Gasteiger charge is 2.08. The van der Waals surface area contributed by atoms with Gasteiger partial charge in [-0.05, 0) is 44.6 Å². The fourth-order valence-corrected chi connectivity index (χ4v) is 2.45. The summed E-state index contributed by atoms with van der Waals surface area (Å²) >= 11 is 0. The van der Waals surface area contributed by atoms with Crippen LogP contribution in [0.25, 0.3) is 0 Å². The first-order chi connectivity index (χ1) is 12.8. The number of carbonyl (C=O) groups is 1. The van der Waals surface area contributed by atoms with Crippen LogP contribution in [0.1, 0.15) is 54.0 Å². The zero-order valence-electron chi connectivity index (χ0n) is 15.4. The second-order valence-electron chi connectivity index (χ2n) is 5.77. The van der Waals surface area contributed by atoms with Gasteiger partial charge in [-0.3, -0.25) is 15.6 Å². The van der Waals surface area contributed by atoms with Crippen molar-refractivity contribution < 1.29 is 7.65 Å². The van der Waals surface area contributed by atoms with E-state index in [1.807, 2.05) is 0 Å². The third-order valence-corrected chi connectivity index (χ3v) is 3.87. The number of aromatic nitrogens is 2. The van der Waals surface area contributed by atoms with Crippen LogP contribution in [0.15, 0.2) is 36.7 Å². The molecule has 2 aliphatic rings. The zero-order valence-corrected chi connectivity index (χ0v) is 15.4. The molecule has 1 aromatic heterocycles. The van der Waals surface area contributed by atoms with Crippen LogP contribution in [0.4, 0.5) is 5.82 Å². The number of rotatable bonds is 4. The molecular weight excluding hydrogens is 326 g/mol. The van der Waals surface area contributed by atoms with Gasteiger partial charge >= 0.3 is 0 Å². The van der Waals surface area contributed by atoms with Crippen LogP contribution in [0.5, 0.6) is 0 Å². The molecule has 6 nitrogen and oxygen atoms in total. The number of nitrogens with zero attached hydrogens (tertiary/aromatic N) is 2. The quantitative estimate of drug-likeness (QED) is 0.436. The molecule has 0 aromatic carbocycles. The molecule has 0 radical (unpaired) electrons. The van der Waals surface area contributed by atoms with Gasteiger partial charge in [0.25, 0.3) is 0 Å². The maximum absolute atomic E-state index is 9.90. The number of amides is 1. The minimum absolute atomic E-state index is 0. The van der Waals surface area contributed by atoms with E-state index in [9.17, 15) is 4.79 Å². The van der Waals surface area contributed by atoms with Crippen molar-refractivity contribution in [3.8, 4) is 12.3 Å². The van der Waals surface area contributed by atoms with Gasteiger partial charge in [0.15, 0.2) is 11.5 Å². The Morgan fingerprint density at radius 2 is 2.04 bits per heavy atom. The Hall–Kier alpha value is -2.65. The summed E-state index contributed by atoms with van der Waals surface area (Å²) in [6.07, 6.45) is 25.1. The van der Waals surface area contributed by atoms with Crippen LogP contribution in [0, 0.1) is 12.3 Å². The van der Waals surface area contributed by atoms with Gasteiger partial charge in [-0.15, -0.1) is 6.42 Å². The van der Waals surface area contributed by atoms with Crippen molar-refractivity contribution in [1.82, 2.24) is 20.7 Å². The third-order valence-electron chi connectivity index (χ3n) is 3.87. The van der Waals surface area contributed by atoms with Gasteiger partial charge in [0.1, 0.15) is 0 Å². The maximum atomic E-state index is 9.90. The van der Waals surface area contributed by atoms with Gasteiger partial charge < -0.3 is 5.32 Å². The van der Waals surface area contributed by atoms with E-state index in [-0.39, 0.29) is 2.85 Å². The molecular formula is C20H33N5O. The molecule has 0 spiro atoms. The molecule has 1 aliphatic carbocycles. The Morgan fingerprint density at radius 1 is 1.31 bits per heavy atom. The summed E-state index contributed by atoms with van der Waals surface area (Å²) in [6, 6.07) is 0.837. The van der Waals surface area contributed by atoms with Crippen LogP contribution in [-0.4, -0.2) is 29.0 Å². The van der Waals surface area contributed by atoms with Gasteiger partial charge in [-0.25, -0.2) is 9.97 Å². The summed E-state index contributed by atoms with van der Waals surface area (Å²) in [5.74, 6) is 2.67. The molecule has 26 heavy (non-hydrogen) atoms. The SMILES string of the molecule is C#Cc1nccnc1NNC=O.C1=CCCC=C1.CCC1CCCCN1.[HH].[HH]. The molecule has 144 valence electrons. The number of hydrogen-bond donors (Lipinski definition) is 3. The predicted octanol–water partition coefficient (Wildman–Crippen LogP) is 3.45. The molecule has 3 rings (SSSR count). The second kappa shape index (κ2) is 14.7. The lowest BCUT2D eigenvalue weighted by Crippen LogP contribution is -2.32. The topological polar surface area (TPSA) is 78.9 Å². The molecule has 0 bridgehead atoms. The Balaban J connectivity index is 0. The summed E-state index contributed by atoms with van der Waals surface area (Å²) in [7, 11) is 0. The van der Waals surface area contributed by atoms with Gasteiger partial charge in [-0.2, -0.15) is 0 Å². The Labute approximate surface area is 159 Å².